The molecule has 0 saturated heterocycles. The first kappa shape index (κ1) is 14.9. The number of rotatable bonds is 5. The number of thiophene rings is 1. The summed E-state index contributed by atoms with van der Waals surface area (Å²) in [6.45, 7) is -0.0707. The second kappa shape index (κ2) is 6.29. The molecule has 0 radical (unpaired) electrons. The van der Waals surface area contributed by atoms with Gasteiger partial charge in [0, 0.05) is 5.56 Å². The molecular formula is C12H10FN3O4S. The lowest BCUT2D eigenvalue weighted by molar-refractivity contribution is -0.386. The van der Waals surface area contributed by atoms with Crippen LogP contribution in [0.2, 0.25) is 0 Å². The molecule has 110 valence electrons. The van der Waals surface area contributed by atoms with E-state index in [1.807, 2.05) is 5.43 Å². The monoisotopic (exact) mass is 311 g/mol. The third-order valence-corrected chi connectivity index (χ3v) is 3.54. The van der Waals surface area contributed by atoms with Crippen LogP contribution in [-0.2, 0) is 6.61 Å². The van der Waals surface area contributed by atoms with Gasteiger partial charge in [0.05, 0.1) is 15.9 Å². The van der Waals surface area contributed by atoms with Gasteiger partial charge in [0.2, 0.25) is 0 Å². The summed E-state index contributed by atoms with van der Waals surface area (Å²) < 4.78 is 18.3. The first-order chi connectivity index (χ1) is 10.0. The molecule has 3 N–H and O–H groups in total. The number of ether oxygens (including phenoxy) is 1. The highest BCUT2D eigenvalue weighted by atomic mass is 32.1. The summed E-state index contributed by atoms with van der Waals surface area (Å²) >= 11 is 1.16. The largest absolute Gasteiger partial charge is 0.482 e. The number of hydrogen-bond donors (Lipinski definition) is 2. The van der Waals surface area contributed by atoms with E-state index in [-0.39, 0.29) is 12.4 Å². The lowest BCUT2D eigenvalue weighted by Crippen LogP contribution is -2.30. The second-order valence-corrected chi connectivity index (χ2v) is 4.82. The molecule has 0 aliphatic rings. The smallest absolute Gasteiger partial charge is 0.313 e. The van der Waals surface area contributed by atoms with Crippen LogP contribution in [0.25, 0.3) is 0 Å². The Morgan fingerprint density at radius 2 is 2.24 bits per heavy atom. The molecule has 1 amide bonds. The first-order valence-corrected chi connectivity index (χ1v) is 6.55. The molecule has 0 aliphatic heterocycles. The number of nitrogens with one attached hydrogen (secondary N) is 1. The number of hydrazine groups is 1. The van der Waals surface area contributed by atoms with Gasteiger partial charge in [-0.1, -0.05) is 0 Å². The van der Waals surface area contributed by atoms with Gasteiger partial charge in [0.15, 0.2) is 5.75 Å². The molecule has 0 unspecified atom stereocenters. The molecular weight excluding hydrogens is 301 g/mol. The molecule has 0 bridgehead atoms. The lowest BCUT2D eigenvalue weighted by atomic mass is 10.2. The van der Waals surface area contributed by atoms with Crippen LogP contribution in [0.1, 0.15) is 15.2 Å². The zero-order valence-electron chi connectivity index (χ0n) is 10.5. The van der Waals surface area contributed by atoms with E-state index in [1.165, 1.54) is 6.07 Å². The summed E-state index contributed by atoms with van der Waals surface area (Å²) in [6.07, 6.45) is 0. The van der Waals surface area contributed by atoms with E-state index in [9.17, 15) is 19.3 Å². The predicted octanol–water partition coefficient (Wildman–Crippen LogP) is 1.98. The van der Waals surface area contributed by atoms with Crippen LogP contribution >= 0.6 is 11.3 Å². The summed E-state index contributed by atoms with van der Waals surface area (Å²) in [4.78, 5) is 21.9. The molecule has 1 aromatic carbocycles. The highest BCUT2D eigenvalue weighted by Crippen LogP contribution is 2.29. The summed E-state index contributed by atoms with van der Waals surface area (Å²) in [7, 11) is 0. The van der Waals surface area contributed by atoms with Crippen molar-refractivity contribution in [3.8, 4) is 5.75 Å². The quantitative estimate of drug-likeness (QED) is 0.380. The van der Waals surface area contributed by atoms with Crippen molar-refractivity contribution >= 4 is 22.9 Å². The van der Waals surface area contributed by atoms with Crippen molar-refractivity contribution in [1.29, 1.82) is 0 Å². The van der Waals surface area contributed by atoms with Gasteiger partial charge in [-0.25, -0.2) is 10.2 Å². The fraction of sp³-hybridized carbons (Fsp3) is 0.0833. The van der Waals surface area contributed by atoms with E-state index >= 15 is 0 Å². The van der Waals surface area contributed by atoms with E-state index in [0.29, 0.717) is 10.4 Å². The number of hydrogen-bond acceptors (Lipinski definition) is 6. The third-order valence-electron chi connectivity index (χ3n) is 2.58. The number of nitro groups is 1. The van der Waals surface area contributed by atoms with E-state index in [0.717, 1.165) is 23.5 Å². The number of benzene rings is 1. The third kappa shape index (κ3) is 3.33. The second-order valence-electron chi connectivity index (χ2n) is 3.91. The molecule has 0 spiro atoms. The zero-order chi connectivity index (χ0) is 15.4. The Hall–Kier alpha value is -2.52. The minimum absolute atomic E-state index is 0.0707. The molecule has 0 fully saturated rings. The van der Waals surface area contributed by atoms with Gasteiger partial charge in [0.1, 0.15) is 12.4 Å². The summed E-state index contributed by atoms with van der Waals surface area (Å²) in [5, 5.41) is 12.5. The fourth-order valence-corrected chi connectivity index (χ4v) is 2.44. The van der Waals surface area contributed by atoms with Crippen molar-refractivity contribution in [1.82, 2.24) is 5.43 Å². The van der Waals surface area contributed by atoms with Crippen molar-refractivity contribution < 1.29 is 18.8 Å². The number of nitrogens with zero attached hydrogens (tertiary/aromatic N) is 1. The van der Waals surface area contributed by atoms with Gasteiger partial charge in [-0.3, -0.25) is 20.3 Å². The van der Waals surface area contributed by atoms with Gasteiger partial charge >= 0.3 is 5.69 Å². The Morgan fingerprint density at radius 3 is 2.90 bits per heavy atom. The van der Waals surface area contributed by atoms with Crippen LogP contribution in [0.15, 0.2) is 29.6 Å². The molecule has 0 atom stereocenters. The molecule has 2 aromatic rings. The summed E-state index contributed by atoms with van der Waals surface area (Å²) in [5.74, 6) is 3.77. The summed E-state index contributed by atoms with van der Waals surface area (Å²) in [5.41, 5.74) is 2.05. The van der Waals surface area contributed by atoms with Gasteiger partial charge < -0.3 is 4.74 Å². The van der Waals surface area contributed by atoms with E-state index in [2.05, 4.69) is 0 Å². The Morgan fingerprint density at radius 1 is 1.48 bits per heavy atom. The minimum atomic E-state index is -0.737. The van der Waals surface area contributed by atoms with Gasteiger partial charge in [-0.2, -0.15) is 0 Å². The van der Waals surface area contributed by atoms with Crippen molar-refractivity contribution in [3.05, 3.63) is 56.0 Å². The van der Waals surface area contributed by atoms with Crippen LogP contribution in [0.5, 0.6) is 5.75 Å². The number of nitrogens with two attached hydrogens (primary N) is 1. The maximum absolute atomic E-state index is 13.0. The lowest BCUT2D eigenvalue weighted by Gasteiger charge is -2.07. The number of halogens is 1. The average molecular weight is 311 g/mol. The minimum Gasteiger partial charge on any atom is -0.482 e. The van der Waals surface area contributed by atoms with Crippen LogP contribution in [0.4, 0.5) is 10.1 Å². The molecule has 1 heterocycles. The Bertz CT molecular complexity index is 689. The molecule has 0 saturated carbocycles. The zero-order valence-corrected chi connectivity index (χ0v) is 11.4. The average Bonchev–Trinajstić information content (AvgIpc) is 2.93. The number of amides is 1. The van der Waals surface area contributed by atoms with Crippen molar-refractivity contribution in [2.45, 2.75) is 6.61 Å². The fourth-order valence-electron chi connectivity index (χ4n) is 1.62. The highest BCUT2D eigenvalue weighted by molar-refractivity contribution is 7.12. The summed E-state index contributed by atoms with van der Waals surface area (Å²) in [6, 6.07) is 4.65. The van der Waals surface area contributed by atoms with Crippen LogP contribution < -0.4 is 16.0 Å². The molecule has 0 aliphatic carbocycles. The van der Waals surface area contributed by atoms with E-state index in [4.69, 9.17) is 10.6 Å². The molecule has 1 aromatic heterocycles. The number of nitro benzene ring substituents is 1. The standard InChI is InChI=1S/C12H10FN3O4S/c13-8-1-2-10(9(5-8)16(18)19)20-6-7-3-4-21-11(7)12(17)15-14/h1-5H,6,14H2,(H,15,17). The Balaban J connectivity index is 2.19. The number of carbonyl (C=O) groups excluding carboxylic acids is 1. The Labute approximate surface area is 122 Å². The number of carbonyl (C=O) groups is 1. The maximum Gasteiger partial charge on any atom is 0.313 e. The van der Waals surface area contributed by atoms with Crippen molar-refractivity contribution in [2.24, 2.45) is 5.84 Å². The van der Waals surface area contributed by atoms with E-state index in [1.54, 1.807) is 11.4 Å². The topological polar surface area (TPSA) is 107 Å². The van der Waals surface area contributed by atoms with Crippen molar-refractivity contribution in [3.63, 3.8) is 0 Å². The van der Waals surface area contributed by atoms with Crippen LogP contribution in [0, 0.1) is 15.9 Å². The predicted molar refractivity (Wildman–Crippen MR) is 73.4 cm³/mol. The molecule has 7 nitrogen and oxygen atoms in total. The molecule has 9 heteroatoms. The van der Waals surface area contributed by atoms with E-state index < -0.39 is 22.3 Å². The van der Waals surface area contributed by atoms with Gasteiger partial charge in [-0.05, 0) is 23.6 Å². The van der Waals surface area contributed by atoms with Crippen LogP contribution in [0.3, 0.4) is 0 Å². The van der Waals surface area contributed by atoms with Crippen LogP contribution in [-0.4, -0.2) is 10.8 Å². The maximum atomic E-state index is 13.0. The van der Waals surface area contributed by atoms with Crippen molar-refractivity contribution in [2.75, 3.05) is 0 Å². The Kier molecular flexibility index (Phi) is 4.45. The molecule has 2 rings (SSSR count). The van der Waals surface area contributed by atoms with Gasteiger partial charge in [0.25, 0.3) is 5.91 Å². The highest BCUT2D eigenvalue weighted by Gasteiger charge is 2.18. The van der Waals surface area contributed by atoms with Gasteiger partial charge in [-0.15, -0.1) is 11.3 Å². The molecule has 21 heavy (non-hydrogen) atoms. The first-order valence-electron chi connectivity index (χ1n) is 5.67. The normalized spacial score (nSPS) is 10.2. The number of nitrogen functional groups attached to an aromatic ring is 1. The SMILES string of the molecule is NNC(=O)c1sccc1COc1ccc(F)cc1[N+](=O)[O-].